The highest BCUT2D eigenvalue weighted by atomic mass is 32.2. The van der Waals surface area contributed by atoms with Gasteiger partial charge in [0, 0.05) is 23.5 Å². The number of anilines is 1. The van der Waals surface area contributed by atoms with Gasteiger partial charge in [0.15, 0.2) is 5.16 Å². The van der Waals surface area contributed by atoms with Crippen LogP contribution in [0.15, 0.2) is 71.9 Å². The predicted octanol–water partition coefficient (Wildman–Crippen LogP) is 6.86. The second kappa shape index (κ2) is 15.0. The average molecular weight is 586 g/mol. The Morgan fingerprint density at radius 1 is 1.00 bits per heavy atom. The summed E-state index contributed by atoms with van der Waals surface area (Å²) in [5.41, 5.74) is 6.61. The van der Waals surface area contributed by atoms with Gasteiger partial charge < -0.3 is 20.1 Å². The smallest absolute Gasteiger partial charge is 0.251 e. The molecule has 7 nitrogen and oxygen atoms in total. The molecule has 4 aromatic rings. The second-order valence-electron chi connectivity index (χ2n) is 10.9. The minimum absolute atomic E-state index is 0.0456. The van der Waals surface area contributed by atoms with Crippen LogP contribution in [0.4, 0.5) is 5.69 Å². The molecule has 222 valence electrons. The summed E-state index contributed by atoms with van der Waals surface area (Å²) in [4.78, 5) is 33.0. The first kappa shape index (κ1) is 31.3. The van der Waals surface area contributed by atoms with Crippen molar-refractivity contribution in [3.05, 3.63) is 89.0 Å². The van der Waals surface area contributed by atoms with Crippen LogP contribution in [0.5, 0.6) is 0 Å². The van der Waals surface area contributed by atoms with Crippen LogP contribution in [0.2, 0.25) is 0 Å². The maximum Gasteiger partial charge on any atom is 0.251 e. The molecule has 0 atom stereocenters. The number of para-hydroxylation sites is 2. The molecule has 3 aromatic carbocycles. The van der Waals surface area contributed by atoms with Crippen LogP contribution < -0.4 is 10.6 Å². The first-order valence-corrected chi connectivity index (χ1v) is 15.9. The van der Waals surface area contributed by atoms with Crippen molar-refractivity contribution in [3.8, 4) is 0 Å². The number of carbonyl (C=O) groups excluding carboxylic acids is 2. The maximum absolute atomic E-state index is 13.2. The third kappa shape index (κ3) is 8.23. The van der Waals surface area contributed by atoms with Gasteiger partial charge in [-0.15, -0.1) is 0 Å². The molecule has 1 aromatic heterocycles. The summed E-state index contributed by atoms with van der Waals surface area (Å²) in [5.74, 6) is 0.923. The predicted molar refractivity (Wildman–Crippen MR) is 174 cm³/mol. The lowest BCUT2D eigenvalue weighted by molar-refractivity contribution is -0.116. The van der Waals surface area contributed by atoms with Gasteiger partial charge in [0.05, 0.1) is 11.0 Å². The number of aryl methyl sites for hydroxylation is 1. The molecular weight excluding hydrogens is 542 g/mol. The molecule has 0 bridgehead atoms. The molecule has 0 aliphatic rings. The molecule has 0 unspecified atom stereocenters. The van der Waals surface area contributed by atoms with E-state index in [1.807, 2.05) is 60.0 Å². The zero-order chi connectivity index (χ0) is 30.1. The van der Waals surface area contributed by atoms with Crippen molar-refractivity contribution in [2.45, 2.75) is 64.4 Å². The van der Waals surface area contributed by atoms with Crippen LogP contribution >= 0.6 is 11.8 Å². The van der Waals surface area contributed by atoms with E-state index in [0.29, 0.717) is 23.8 Å². The molecule has 2 N–H and O–H groups in total. The number of amides is 2. The zero-order valence-corrected chi connectivity index (χ0v) is 26.3. The van der Waals surface area contributed by atoms with Crippen LogP contribution in [-0.2, 0) is 17.1 Å². The van der Waals surface area contributed by atoms with E-state index in [1.165, 1.54) is 5.56 Å². The molecule has 42 heavy (non-hydrogen) atoms. The van der Waals surface area contributed by atoms with Crippen LogP contribution in [-0.4, -0.2) is 52.4 Å². The number of hydrogen-bond acceptors (Lipinski definition) is 5. The van der Waals surface area contributed by atoms with Crippen molar-refractivity contribution in [2.24, 2.45) is 0 Å². The first-order chi connectivity index (χ1) is 20.3. The molecule has 0 spiro atoms. The largest absolute Gasteiger partial charge is 0.352 e. The minimum Gasteiger partial charge on any atom is -0.352 e. The lowest BCUT2D eigenvalue weighted by Gasteiger charge is -2.17. The Hall–Kier alpha value is -3.62. The van der Waals surface area contributed by atoms with E-state index in [0.717, 1.165) is 59.1 Å². The summed E-state index contributed by atoms with van der Waals surface area (Å²) in [5, 5.41) is 6.93. The Balaban J connectivity index is 1.39. The number of benzene rings is 3. The van der Waals surface area contributed by atoms with E-state index < -0.39 is 0 Å². The SMILES string of the molecule is CCN(CC)CCCNC(=O)c1ccc(CSc2nc3ccccc3n2CC(=O)Nc2cc(C(C)C)ccc2C)cc1. The monoisotopic (exact) mass is 585 g/mol. The molecule has 2 amide bonds. The van der Waals surface area contributed by atoms with Crippen LogP contribution in [0.3, 0.4) is 0 Å². The number of rotatable bonds is 14. The molecule has 1 heterocycles. The summed E-state index contributed by atoms with van der Waals surface area (Å²) >= 11 is 1.59. The van der Waals surface area contributed by atoms with E-state index in [1.54, 1.807) is 11.8 Å². The maximum atomic E-state index is 13.2. The van der Waals surface area contributed by atoms with Crippen LogP contribution in [0.1, 0.15) is 67.1 Å². The third-order valence-corrected chi connectivity index (χ3v) is 8.59. The van der Waals surface area contributed by atoms with Gasteiger partial charge >= 0.3 is 0 Å². The fraction of sp³-hybridized carbons (Fsp3) is 0.382. The van der Waals surface area contributed by atoms with Crippen LogP contribution in [0.25, 0.3) is 11.0 Å². The highest BCUT2D eigenvalue weighted by Gasteiger charge is 2.16. The molecule has 4 rings (SSSR count). The van der Waals surface area contributed by atoms with Crippen molar-refractivity contribution in [2.75, 3.05) is 31.5 Å². The van der Waals surface area contributed by atoms with Crippen molar-refractivity contribution in [3.63, 3.8) is 0 Å². The van der Waals surface area contributed by atoms with Gasteiger partial charge in [0.25, 0.3) is 5.91 Å². The highest BCUT2D eigenvalue weighted by molar-refractivity contribution is 7.98. The average Bonchev–Trinajstić information content (AvgIpc) is 3.34. The quantitative estimate of drug-likeness (QED) is 0.125. The summed E-state index contributed by atoms with van der Waals surface area (Å²) in [6, 6.07) is 21.9. The Morgan fingerprint density at radius 3 is 2.45 bits per heavy atom. The van der Waals surface area contributed by atoms with E-state index >= 15 is 0 Å². The van der Waals surface area contributed by atoms with Gasteiger partial charge in [-0.25, -0.2) is 4.98 Å². The Kier molecular flexibility index (Phi) is 11.2. The lowest BCUT2D eigenvalue weighted by Crippen LogP contribution is -2.29. The van der Waals surface area contributed by atoms with Gasteiger partial charge in [-0.2, -0.15) is 0 Å². The lowest BCUT2D eigenvalue weighted by atomic mass is 10.0. The van der Waals surface area contributed by atoms with Gasteiger partial charge in [-0.3, -0.25) is 9.59 Å². The van der Waals surface area contributed by atoms with Gasteiger partial charge in [-0.1, -0.05) is 75.9 Å². The van der Waals surface area contributed by atoms with Crippen molar-refractivity contribution in [1.29, 1.82) is 0 Å². The Morgan fingerprint density at radius 2 is 1.74 bits per heavy atom. The third-order valence-electron chi connectivity index (χ3n) is 7.54. The topological polar surface area (TPSA) is 79.3 Å². The normalized spacial score (nSPS) is 11.4. The fourth-order valence-electron chi connectivity index (χ4n) is 4.83. The minimum atomic E-state index is -0.0866. The molecule has 0 saturated heterocycles. The summed E-state index contributed by atoms with van der Waals surface area (Å²) < 4.78 is 1.98. The van der Waals surface area contributed by atoms with Crippen molar-refractivity contribution in [1.82, 2.24) is 19.8 Å². The summed E-state index contributed by atoms with van der Waals surface area (Å²) in [6.45, 7) is 14.5. The second-order valence-corrected chi connectivity index (χ2v) is 11.8. The number of nitrogens with zero attached hydrogens (tertiary/aromatic N) is 3. The Labute approximate surface area is 254 Å². The number of thioether (sulfide) groups is 1. The number of fused-ring (bicyclic) bond motifs is 1. The number of aromatic nitrogens is 2. The fourth-order valence-corrected chi connectivity index (χ4v) is 5.80. The molecule has 0 saturated carbocycles. The van der Waals surface area contributed by atoms with Gasteiger partial charge in [-0.05, 0) is 85.9 Å². The van der Waals surface area contributed by atoms with E-state index in [-0.39, 0.29) is 18.4 Å². The summed E-state index contributed by atoms with van der Waals surface area (Å²) in [7, 11) is 0. The Bertz CT molecular complexity index is 1490. The van der Waals surface area contributed by atoms with Gasteiger partial charge in [0.1, 0.15) is 6.54 Å². The standard InChI is InChI=1S/C34H43N5O2S/c1-6-38(7-2)20-10-19-35-33(41)27-17-14-26(15-18-27)23-42-34-37-29-11-8-9-12-31(29)39(34)22-32(40)36-30-21-28(24(3)4)16-13-25(30)5/h8-9,11-18,21,24H,6-7,10,19-20,22-23H2,1-5H3,(H,35,41)(H,36,40). The van der Waals surface area contributed by atoms with Gasteiger partial charge in [0.2, 0.25) is 5.91 Å². The number of nitrogens with one attached hydrogen (secondary N) is 2. The number of carbonyl (C=O) groups is 2. The molecule has 8 heteroatoms. The van der Waals surface area contributed by atoms with Crippen LogP contribution in [0, 0.1) is 6.92 Å². The number of hydrogen-bond donors (Lipinski definition) is 2. The molecular formula is C34H43N5O2S. The molecule has 0 aliphatic carbocycles. The summed E-state index contributed by atoms with van der Waals surface area (Å²) in [6.07, 6.45) is 0.936. The van der Waals surface area contributed by atoms with Crippen molar-refractivity contribution >= 4 is 40.3 Å². The molecule has 0 aliphatic heterocycles. The highest BCUT2D eigenvalue weighted by Crippen LogP contribution is 2.28. The van der Waals surface area contributed by atoms with Crippen molar-refractivity contribution < 1.29 is 9.59 Å². The zero-order valence-electron chi connectivity index (χ0n) is 25.4. The first-order valence-electron chi connectivity index (χ1n) is 14.9. The van der Waals surface area contributed by atoms with E-state index in [2.05, 4.69) is 61.4 Å². The number of imidazole rings is 1. The molecule has 0 radical (unpaired) electrons. The van der Waals surface area contributed by atoms with E-state index in [9.17, 15) is 9.59 Å². The molecule has 0 fully saturated rings. The van der Waals surface area contributed by atoms with E-state index in [4.69, 9.17) is 4.98 Å².